The molecular weight excluding hydrogens is 206 g/mol. The topological polar surface area (TPSA) is 30.0 Å². The van der Waals surface area contributed by atoms with Gasteiger partial charge in [0, 0.05) is 11.8 Å². The maximum absolute atomic E-state index is 11.3. The number of hydrogen-bond donors (Lipinski definition) is 0. The lowest BCUT2D eigenvalue weighted by atomic mass is 10.2. The third kappa shape index (κ3) is 4.04. The molecule has 0 amide bonds. The molecule has 0 aliphatic heterocycles. The summed E-state index contributed by atoms with van der Waals surface area (Å²) in [6, 6.07) is 3.66. The van der Waals surface area contributed by atoms with Crippen molar-refractivity contribution in [2.45, 2.75) is 38.1 Å². The van der Waals surface area contributed by atoms with Crippen LogP contribution >= 0.6 is 11.8 Å². The van der Waals surface area contributed by atoms with E-state index in [-0.39, 0.29) is 5.78 Å². The van der Waals surface area contributed by atoms with Gasteiger partial charge in [-0.25, -0.2) is 4.98 Å². The highest BCUT2D eigenvalue weighted by atomic mass is 32.2. The van der Waals surface area contributed by atoms with Crippen molar-refractivity contribution < 1.29 is 4.79 Å². The lowest BCUT2D eigenvalue weighted by molar-refractivity contribution is 0.101. The molecule has 1 rings (SSSR count). The standard InChI is InChI=1S/C12H17NOS/c1-3-4-5-9-15-12-11(10(2)14)7-6-8-13-12/h6-8H,3-5,9H2,1-2H3. The van der Waals surface area contributed by atoms with E-state index in [0.29, 0.717) is 0 Å². The van der Waals surface area contributed by atoms with Gasteiger partial charge in [0.05, 0.1) is 0 Å². The summed E-state index contributed by atoms with van der Waals surface area (Å²) in [5, 5.41) is 0.876. The Morgan fingerprint density at radius 3 is 2.93 bits per heavy atom. The molecule has 0 N–H and O–H groups in total. The van der Waals surface area contributed by atoms with Crippen LogP contribution in [0.2, 0.25) is 0 Å². The Bertz CT molecular complexity index is 325. The predicted molar refractivity (Wildman–Crippen MR) is 64.5 cm³/mol. The van der Waals surface area contributed by atoms with E-state index in [4.69, 9.17) is 0 Å². The van der Waals surface area contributed by atoms with Gasteiger partial charge in [-0.3, -0.25) is 4.79 Å². The van der Waals surface area contributed by atoms with Crippen LogP contribution in [0.5, 0.6) is 0 Å². The largest absolute Gasteiger partial charge is 0.294 e. The van der Waals surface area contributed by atoms with Crippen molar-refractivity contribution in [3.8, 4) is 0 Å². The molecule has 2 nitrogen and oxygen atoms in total. The van der Waals surface area contributed by atoms with E-state index >= 15 is 0 Å². The lowest BCUT2D eigenvalue weighted by Crippen LogP contribution is -1.97. The molecule has 0 fully saturated rings. The van der Waals surface area contributed by atoms with Gasteiger partial charge in [0.2, 0.25) is 0 Å². The van der Waals surface area contributed by atoms with Crippen LogP contribution in [0.3, 0.4) is 0 Å². The van der Waals surface area contributed by atoms with Crippen LogP contribution in [0.4, 0.5) is 0 Å². The van der Waals surface area contributed by atoms with E-state index < -0.39 is 0 Å². The van der Waals surface area contributed by atoms with Gasteiger partial charge in [-0.15, -0.1) is 11.8 Å². The van der Waals surface area contributed by atoms with Gasteiger partial charge < -0.3 is 0 Å². The van der Waals surface area contributed by atoms with Crippen molar-refractivity contribution in [2.24, 2.45) is 0 Å². The van der Waals surface area contributed by atoms with Crippen molar-refractivity contribution >= 4 is 17.5 Å². The third-order valence-electron chi connectivity index (χ3n) is 2.14. The Morgan fingerprint density at radius 1 is 1.47 bits per heavy atom. The first-order chi connectivity index (χ1) is 7.25. The highest BCUT2D eigenvalue weighted by Gasteiger charge is 2.07. The van der Waals surface area contributed by atoms with E-state index in [9.17, 15) is 4.79 Å². The normalized spacial score (nSPS) is 10.3. The second-order valence-corrected chi connectivity index (χ2v) is 4.55. The average molecular weight is 223 g/mol. The molecule has 0 aliphatic rings. The Morgan fingerprint density at radius 2 is 2.27 bits per heavy atom. The minimum absolute atomic E-state index is 0.0982. The number of Topliss-reactive ketones (excluding diaryl/α,β-unsaturated/α-hetero) is 1. The number of carbonyl (C=O) groups is 1. The SMILES string of the molecule is CCCCCSc1ncccc1C(C)=O. The molecule has 0 bridgehead atoms. The number of aromatic nitrogens is 1. The van der Waals surface area contributed by atoms with Gasteiger partial charge in [0.1, 0.15) is 5.03 Å². The molecule has 1 aromatic rings. The smallest absolute Gasteiger partial charge is 0.162 e. The van der Waals surface area contributed by atoms with Crippen molar-refractivity contribution in [3.63, 3.8) is 0 Å². The molecule has 0 aromatic carbocycles. The summed E-state index contributed by atoms with van der Waals surface area (Å²) in [7, 11) is 0. The Labute approximate surface area is 95.5 Å². The van der Waals surface area contributed by atoms with E-state index in [0.717, 1.165) is 16.3 Å². The molecule has 0 saturated heterocycles. The van der Waals surface area contributed by atoms with Crippen LogP contribution in [-0.4, -0.2) is 16.5 Å². The molecule has 0 atom stereocenters. The number of carbonyl (C=O) groups excluding carboxylic acids is 1. The van der Waals surface area contributed by atoms with Gasteiger partial charge in [-0.1, -0.05) is 19.8 Å². The van der Waals surface area contributed by atoms with E-state index in [1.807, 2.05) is 12.1 Å². The number of ketones is 1. The molecule has 1 aromatic heterocycles. The zero-order chi connectivity index (χ0) is 11.1. The highest BCUT2D eigenvalue weighted by Crippen LogP contribution is 2.21. The molecule has 0 saturated carbocycles. The average Bonchev–Trinajstić information content (AvgIpc) is 2.25. The van der Waals surface area contributed by atoms with Gasteiger partial charge in [-0.2, -0.15) is 0 Å². The van der Waals surface area contributed by atoms with E-state index in [2.05, 4.69) is 11.9 Å². The molecule has 0 aliphatic carbocycles. The zero-order valence-corrected chi connectivity index (χ0v) is 10.1. The summed E-state index contributed by atoms with van der Waals surface area (Å²) in [4.78, 5) is 15.5. The second-order valence-electron chi connectivity index (χ2n) is 3.47. The number of pyridine rings is 1. The maximum Gasteiger partial charge on any atom is 0.162 e. The molecule has 3 heteroatoms. The number of thioether (sulfide) groups is 1. The van der Waals surface area contributed by atoms with Gasteiger partial charge in [0.25, 0.3) is 0 Å². The van der Waals surface area contributed by atoms with Crippen LogP contribution in [0.15, 0.2) is 23.4 Å². The zero-order valence-electron chi connectivity index (χ0n) is 9.32. The Hall–Kier alpha value is -0.830. The van der Waals surface area contributed by atoms with Crippen LogP contribution in [0.1, 0.15) is 43.5 Å². The molecule has 0 radical (unpaired) electrons. The summed E-state index contributed by atoms with van der Waals surface area (Å²) in [5.41, 5.74) is 0.749. The Kier molecular flexibility index (Phi) is 5.40. The van der Waals surface area contributed by atoms with Crippen molar-refractivity contribution in [2.75, 3.05) is 5.75 Å². The number of hydrogen-bond acceptors (Lipinski definition) is 3. The minimum Gasteiger partial charge on any atom is -0.294 e. The van der Waals surface area contributed by atoms with Crippen LogP contribution in [-0.2, 0) is 0 Å². The first-order valence-corrected chi connectivity index (χ1v) is 6.33. The molecule has 0 spiro atoms. The summed E-state index contributed by atoms with van der Waals surface area (Å²) in [5.74, 6) is 1.14. The first-order valence-electron chi connectivity index (χ1n) is 5.34. The fourth-order valence-corrected chi connectivity index (χ4v) is 2.34. The summed E-state index contributed by atoms with van der Waals surface area (Å²) in [6.45, 7) is 3.78. The molecule has 0 unspecified atom stereocenters. The van der Waals surface area contributed by atoms with E-state index in [1.54, 1.807) is 24.9 Å². The first kappa shape index (κ1) is 12.2. The lowest BCUT2D eigenvalue weighted by Gasteiger charge is -2.04. The Balaban J connectivity index is 2.56. The minimum atomic E-state index is 0.0982. The third-order valence-corrected chi connectivity index (χ3v) is 3.23. The van der Waals surface area contributed by atoms with Gasteiger partial charge in [0.15, 0.2) is 5.78 Å². The van der Waals surface area contributed by atoms with Gasteiger partial charge >= 0.3 is 0 Å². The number of nitrogens with zero attached hydrogens (tertiary/aromatic N) is 1. The van der Waals surface area contributed by atoms with Crippen molar-refractivity contribution in [1.29, 1.82) is 0 Å². The fraction of sp³-hybridized carbons (Fsp3) is 0.500. The summed E-state index contributed by atoms with van der Waals surface area (Å²) >= 11 is 1.68. The highest BCUT2D eigenvalue weighted by molar-refractivity contribution is 7.99. The molecular formula is C12H17NOS. The molecule has 15 heavy (non-hydrogen) atoms. The summed E-state index contributed by atoms with van der Waals surface area (Å²) < 4.78 is 0. The van der Waals surface area contributed by atoms with Crippen molar-refractivity contribution in [3.05, 3.63) is 23.9 Å². The van der Waals surface area contributed by atoms with Crippen LogP contribution in [0, 0.1) is 0 Å². The second kappa shape index (κ2) is 6.62. The fourth-order valence-electron chi connectivity index (χ4n) is 1.29. The quantitative estimate of drug-likeness (QED) is 0.419. The predicted octanol–water partition coefficient (Wildman–Crippen LogP) is 3.57. The molecule has 82 valence electrons. The van der Waals surface area contributed by atoms with Gasteiger partial charge in [-0.05, 0) is 31.2 Å². The van der Waals surface area contributed by atoms with Crippen LogP contribution in [0.25, 0.3) is 0 Å². The maximum atomic E-state index is 11.3. The van der Waals surface area contributed by atoms with Crippen molar-refractivity contribution in [1.82, 2.24) is 4.98 Å². The number of unbranched alkanes of at least 4 members (excludes halogenated alkanes) is 2. The van der Waals surface area contributed by atoms with E-state index in [1.165, 1.54) is 19.3 Å². The van der Waals surface area contributed by atoms with Crippen LogP contribution < -0.4 is 0 Å². The monoisotopic (exact) mass is 223 g/mol. The summed E-state index contributed by atoms with van der Waals surface area (Å²) in [6.07, 6.45) is 5.40. The number of rotatable bonds is 6. The molecule has 1 heterocycles.